The zero-order valence-corrected chi connectivity index (χ0v) is 13.1. The molecule has 1 aliphatic rings. The quantitative estimate of drug-likeness (QED) is 0.829. The number of nitrogens with zero attached hydrogens (tertiary/aromatic N) is 4. The van der Waals surface area contributed by atoms with Crippen LogP contribution in [-0.2, 0) is 0 Å². The summed E-state index contributed by atoms with van der Waals surface area (Å²) in [6.45, 7) is 5.75. The summed E-state index contributed by atoms with van der Waals surface area (Å²) in [5, 5.41) is 19.0. The number of hydrogen-bond donors (Lipinski definition) is 2. The van der Waals surface area contributed by atoms with Gasteiger partial charge < -0.3 is 15.3 Å². The van der Waals surface area contributed by atoms with Gasteiger partial charge in [0.15, 0.2) is 5.69 Å². The molecule has 1 fully saturated rings. The largest absolute Gasteiger partial charge is 0.476 e. The molecule has 8 nitrogen and oxygen atoms in total. The zero-order chi connectivity index (χ0) is 15.6. The van der Waals surface area contributed by atoms with Crippen LogP contribution in [0, 0.1) is 0 Å². The van der Waals surface area contributed by atoms with Crippen LogP contribution in [-0.4, -0.2) is 67.6 Å². The highest BCUT2D eigenvalue weighted by atomic mass is 32.2. The molecule has 2 rings (SSSR count). The van der Waals surface area contributed by atoms with Gasteiger partial charge in [-0.1, -0.05) is 5.21 Å². The lowest BCUT2D eigenvalue weighted by Crippen LogP contribution is -2.55. The van der Waals surface area contributed by atoms with Gasteiger partial charge in [-0.2, -0.15) is 11.8 Å². The molecule has 21 heavy (non-hydrogen) atoms. The molecular formula is C12H19N5O3S. The molecule has 1 saturated heterocycles. The van der Waals surface area contributed by atoms with Crippen molar-refractivity contribution in [2.45, 2.75) is 24.6 Å². The number of urea groups is 1. The van der Waals surface area contributed by atoms with Gasteiger partial charge >= 0.3 is 12.0 Å². The summed E-state index contributed by atoms with van der Waals surface area (Å²) in [6, 6.07) is -0.114. The Morgan fingerprint density at radius 2 is 2.19 bits per heavy atom. The molecule has 0 atom stereocenters. The van der Waals surface area contributed by atoms with Gasteiger partial charge in [-0.25, -0.2) is 14.3 Å². The average molecular weight is 313 g/mol. The van der Waals surface area contributed by atoms with E-state index in [0.29, 0.717) is 19.6 Å². The molecule has 116 valence electrons. The Balaban J connectivity index is 1.80. The van der Waals surface area contributed by atoms with Gasteiger partial charge in [-0.3, -0.25) is 0 Å². The van der Waals surface area contributed by atoms with E-state index in [9.17, 15) is 9.59 Å². The van der Waals surface area contributed by atoms with Gasteiger partial charge in [0.05, 0.1) is 12.2 Å². The summed E-state index contributed by atoms with van der Waals surface area (Å²) in [7, 11) is 0. The van der Waals surface area contributed by atoms with Gasteiger partial charge in [-0.15, -0.1) is 5.10 Å². The van der Waals surface area contributed by atoms with Crippen molar-refractivity contribution in [3.05, 3.63) is 11.9 Å². The maximum atomic E-state index is 11.9. The number of carbonyl (C=O) groups is 2. The number of carboxylic acids is 1. The molecule has 0 unspecified atom stereocenters. The summed E-state index contributed by atoms with van der Waals surface area (Å²) in [5.74, 6) is -1.10. The Bertz CT molecular complexity index is 539. The number of likely N-dealkylation sites (tertiary alicyclic amines) is 1. The fraction of sp³-hybridized carbons (Fsp3) is 0.667. The highest BCUT2D eigenvalue weighted by molar-refractivity contribution is 7.99. The lowest BCUT2D eigenvalue weighted by Gasteiger charge is -2.39. The summed E-state index contributed by atoms with van der Waals surface area (Å²) in [6.07, 6.45) is 3.40. The van der Waals surface area contributed by atoms with Crippen LogP contribution in [0.25, 0.3) is 0 Å². The first-order valence-corrected chi connectivity index (χ1v) is 7.78. The van der Waals surface area contributed by atoms with Crippen LogP contribution < -0.4 is 5.32 Å². The van der Waals surface area contributed by atoms with E-state index in [2.05, 4.69) is 29.5 Å². The second kappa shape index (κ2) is 5.92. The summed E-state index contributed by atoms with van der Waals surface area (Å²) >= 11 is 1.70. The van der Waals surface area contributed by atoms with Crippen LogP contribution in [0.15, 0.2) is 6.20 Å². The highest BCUT2D eigenvalue weighted by Gasteiger charge is 2.33. The fourth-order valence-electron chi connectivity index (χ4n) is 1.81. The first-order chi connectivity index (χ1) is 9.82. The maximum Gasteiger partial charge on any atom is 0.358 e. The lowest BCUT2D eigenvalue weighted by atomic mass is 10.1. The minimum atomic E-state index is -1.10. The van der Waals surface area contributed by atoms with Crippen LogP contribution in [0.1, 0.15) is 30.4 Å². The number of carbonyl (C=O) groups excluding carboxylic acids is 1. The molecule has 0 radical (unpaired) electrons. The Morgan fingerprint density at radius 3 is 2.71 bits per heavy atom. The standard InChI is InChI=1S/C12H19N5O3S/c1-12(2,21-3)7-13-11(20)16-4-8(5-16)17-6-9(10(18)19)14-15-17/h6,8H,4-5,7H2,1-3H3,(H,13,20)(H,18,19). The predicted octanol–water partition coefficient (Wildman–Crippen LogP) is 0.684. The number of amides is 2. The molecule has 0 saturated carbocycles. The Morgan fingerprint density at radius 1 is 1.52 bits per heavy atom. The summed E-state index contributed by atoms with van der Waals surface area (Å²) in [4.78, 5) is 24.3. The minimum Gasteiger partial charge on any atom is -0.476 e. The van der Waals surface area contributed by atoms with E-state index in [1.54, 1.807) is 16.7 Å². The number of hydrogen-bond acceptors (Lipinski definition) is 5. The molecule has 2 N–H and O–H groups in total. The number of carboxylic acid groups (broad SMARTS) is 1. The zero-order valence-electron chi connectivity index (χ0n) is 12.2. The molecule has 2 amide bonds. The number of aromatic nitrogens is 3. The molecule has 0 spiro atoms. The number of thioether (sulfide) groups is 1. The van der Waals surface area contributed by atoms with Crippen molar-refractivity contribution in [2.75, 3.05) is 25.9 Å². The Labute approximate surface area is 126 Å². The van der Waals surface area contributed by atoms with Crippen molar-refractivity contribution in [3.8, 4) is 0 Å². The van der Waals surface area contributed by atoms with Crippen LogP contribution in [0.3, 0.4) is 0 Å². The van der Waals surface area contributed by atoms with Gasteiger partial charge in [0.1, 0.15) is 0 Å². The van der Waals surface area contributed by atoms with Crippen LogP contribution in [0.5, 0.6) is 0 Å². The predicted molar refractivity (Wildman–Crippen MR) is 78.6 cm³/mol. The van der Waals surface area contributed by atoms with Crippen molar-refractivity contribution >= 4 is 23.8 Å². The van der Waals surface area contributed by atoms with E-state index in [1.165, 1.54) is 10.9 Å². The first kappa shape index (κ1) is 15.6. The van der Waals surface area contributed by atoms with E-state index in [0.717, 1.165) is 0 Å². The molecule has 0 aromatic carbocycles. The Kier molecular flexibility index (Phi) is 4.40. The van der Waals surface area contributed by atoms with Crippen LogP contribution >= 0.6 is 11.8 Å². The molecule has 0 bridgehead atoms. The topological polar surface area (TPSA) is 100 Å². The molecular weight excluding hydrogens is 294 g/mol. The third-order valence-corrected chi connectivity index (χ3v) is 4.72. The third kappa shape index (κ3) is 3.66. The van der Waals surface area contributed by atoms with E-state index in [4.69, 9.17) is 5.11 Å². The second-order valence-electron chi connectivity index (χ2n) is 5.57. The highest BCUT2D eigenvalue weighted by Crippen LogP contribution is 2.22. The number of nitrogens with one attached hydrogen (secondary N) is 1. The molecule has 2 heterocycles. The molecule has 1 aromatic rings. The van der Waals surface area contributed by atoms with Gasteiger partial charge in [0.25, 0.3) is 0 Å². The van der Waals surface area contributed by atoms with Crippen molar-refractivity contribution in [3.63, 3.8) is 0 Å². The third-order valence-electron chi connectivity index (χ3n) is 3.47. The fourth-order valence-corrected chi connectivity index (χ4v) is 2.03. The summed E-state index contributed by atoms with van der Waals surface area (Å²) < 4.78 is 1.50. The molecule has 1 aliphatic heterocycles. The Hall–Kier alpha value is -1.77. The van der Waals surface area contributed by atoms with Crippen molar-refractivity contribution in [2.24, 2.45) is 0 Å². The van der Waals surface area contributed by atoms with Crippen molar-refractivity contribution < 1.29 is 14.7 Å². The summed E-state index contributed by atoms with van der Waals surface area (Å²) in [5.41, 5.74) is -0.0837. The van der Waals surface area contributed by atoms with Crippen LogP contribution in [0.4, 0.5) is 4.79 Å². The SMILES string of the molecule is CSC(C)(C)CNC(=O)N1CC(n2cc(C(=O)O)nn2)C1. The normalized spacial score (nSPS) is 15.7. The van der Waals surface area contributed by atoms with E-state index in [-0.39, 0.29) is 22.5 Å². The monoisotopic (exact) mass is 313 g/mol. The molecule has 0 aliphatic carbocycles. The maximum absolute atomic E-state index is 11.9. The van der Waals surface area contributed by atoms with Crippen LogP contribution in [0.2, 0.25) is 0 Å². The second-order valence-corrected chi connectivity index (χ2v) is 7.08. The number of aromatic carboxylic acids is 1. The molecule has 9 heteroatoms. The molecule has 1 aromatic heterocycles. The van der Waals surface area contributed by atoms with E-state index in [1.807, 2.05) is 6.26 Å². The number of rotatable bonds is 5. The lowest BCUT2D eigenvalue weighted by molar-refractivity contribution is 0.0690. The van der Waals surface area contributed by atoms with E-state index < -0.39 is 5.97 Å². The first-order valence-electron chi connectivity index (χ1n) is 6.55. The average Bonchev–Trinajstić information content (AvgIpc) is 2.84. The minimum absolute atomic E-state index is 0.00220. The van der Waals surface area contributed by atoms with Gasteiger partial charge in [0.2, 0.25) is 0 Å². The smallest absolute Gasteiger partial charge is 0.358 e. The van der Waals surface area contributed by atoms with E-state index >= 15 is 0 Å². The van der Waals surface area contributed by atoms with Gasteiger partial charge in [0, 0.05) is 24.4 Å². The van der Waals surface area contributed by atoms with Gasteiger partial charge in [-0.05, 0) is 20.1 Å². The van der Waals surface area contributed by atoms with Crippen molar-refractivity contribution in [1.29, 1.82) is 0 Å². The van der Waals surface area contributed by atoms with Crippen molar-refractivity contribution in [1.82, 2.24) is 25.2 Å².